The Morgan fingerprint density at radius 3 is 0.415 bits per heavy atom. The Kier molecular flexibility index (Phi) is 50.0. The molecule has 0 aromatic heterocycles. The Balaban J connectivity index is 3.14. The molecule has 0 rings (SSSR count). The van der Waals surface area contributed by atoms with Gasteiger partial charge in [0.05, 0.1) is 0 Å². The molecular weight excluding hydrogens is 637 g/mol. The SMILES string of the molecule is CCCCCCCCCCCCCCCCCCCCCCCCCCC(C)CCCCCCCCCCCCCCCCCCCCCCCCC. The molecule has 53 heavy (non-hydrogen) atoms. The standard InChI is InChI=1S/C53H108/c1-4-6-8-10-12-14-16-18-20-22-24-26-28-30-32-34-36-38-40-42-44-46-48-50-52-53(3)51-49-47-45-43-41-39-37-35-33-31-29-27-25-23-21-19-17-15-13-11-9-7-5-2/h53H,4-52H2,1-3H3. The van der Waals surface area contributed by atoms with E-state index in [-0.39, 0.29) is 0 Å². The van der Waals surface area contributed by atoms with E-state index in [9.17, 15) is 0 Å². The minimum atomic E-state index is 0.963. The predicted molar refractivity (Wildman–Crippen MR) is 247 cm³/mol. The summed E-state index contributed by atoms with van der Waals surface area (Å²) in [6.45, 7) is 7.15. The van der Waals surface area contributed by atoms with Crippen LogP contribution in [0.1, 0.15) is 335 Å². The Hall–Kier alpha value is 0. The highest BCUT2D eigenvalue weighted by Gasteiger charge is 2.03. The van der Waals surface area contributed by atoms with E-state index in [1.54, 1.807) is 0 Å². The average molecular weight is 745 g/mol. The first kappa shape index (κ1) is 53.0. The maximum absolute atomic E-state index is 2.52. The zero-order chi connectivity index (χ0) is 38.2. The summed E-state index contributed by atoms with van der Waals surface area (Å²) in [5.74, 6) is 0.963. The smallest absolute Gasteiger partial charge is 0.0443 e. The van der Waals surface area contributed by atoms with E-state index in [1.165, 1.54) is 315 Å². The van der Waals surface area contributed by atoms with Crippen LogP contribution >= 0.6 is 0 Å². The largest absolute Gasteiger partial charge is 0.0654 e. The molecule has 0 radical (unpaired) electrons. The monoisotopic (exact) mass is 745 g/mol. The van der Waals surface area contributed by atoms with Crippen LogP contribution in [0.3, 0.4) is 0 Å². The van der Waals surface area contributed by atoms with Crippen LogP contribution in [0, 0.1) is 5.92 Å². The second-order valence-electron chi connectivity index (χ2n) is 18.6. The van der Waals surface area contributed by atoms with Crippen LogP contribution in [0.4, 0.5) is 0 Å². The predicted octanol–water partition coefficient (Wildman–Crippen LogP) is 20.8. The van der Waals surface area contributed by atoms with E-state index >= 15 is 0 Å². The van der Waals surface area contributed by atoms with E-state index < -0.39 is 0 Å². The summed E-state index contributed by atoms with van der Waals surface area (Å²) in [5, 5.41) is 0. The van der Waals surface area contributed by atoms with Crippen molar-refractivity contribution in [1.29, 1.82) is 0 Å². The highest BCUT2D eigenvalue weighted by molar-refractivity contribution is 4.57. The number of hydrogen-bond donors (Lipinski definition) is 0. The summed E-state index contributed by atoms with van der Waals surface area (Å²) in [7, 11) is 0. The van der Waals surface area contributed by atoms with Crippen LogP contribution < -0.4 is 0 Å². The average Bonchev–Trinajstić information content (AvgIpc) is 3.16. The van der Waals surface area contributed by atoms with Gasteiger partial charge in [-0.3, -0.25) is 0 Å². The van der Waals surface area contributed by atoms with Gasteiger partial charge >= 0.3 is 0 Å². The van der Waals surface area contributed by atoms with Crippen LogP contribution in [0.15, 0.2) is 0 Å². The fourth-order valence-electron chi connectivity index (χ4n) is 8.88. The quantitative estimate of drug-likeness (QED) is 0.0544. The number of rotatable bonds is 49. The van der Waals surface area contributed by atoms with Crippen molar-refractivity contribution in [3.63, 3.8) is 0 Å². The number of hydrogen-bond acceptors (Lipinski definition) is 0. The van der Waals surface area contributed by atoms with Crippen LogP contribution in [-0.2, 0) is 0 Å². The molecule has 0 N–H and O–H groups in total. The molecule has 320 valence electrons. The molecule has 0 aromatic rings. The third kappa shape index (κ3) is 50.0. The molecule has 0 aliphatic rings. The van der Waals surface area contributed by atoms with Crippen molar-refractivity contribution < 1.29 is 0 Å². The van der Waals surface area contributed by atoms with Gasteiger partial charge in [-0.2, -0.15) is 0 Å². The molecule has 0 aromatic carbocycles. The summed E-state index contributed by atoms with van der Waals surface area (Å²) >= 11 is 0. The van der Waals surface area contributed by atoms with Crippen LogP contribution in [-0.4, -0.2) is 0 Å². The summed E-state index contributed by atoms with van der Waals surface area (Å²) in [6, 6.07) is 0. The molecule has 0 saturated carbocycles. The lowest BCUT2D eigenvalue weighted by Gasteiger charge is -2.11. The Bertz CT molecular complexity index is 593. The van der Waals surface area contributed by atoms with Crippen LogP contribution in [0.25, 0.3) is 0 Å². The minimum absolute atomic E-state index is 0.963. The Morgan fingerprint density at radius 1 is 0.170 bits per heavy atom. The molecule has 0 bridgehead atoms. The van der Waals surface area contributed by atoms with Crippen molar-refractivity contribution in [3.8, 4) is 0 Å². The molecular formula is C53H108. The van der Waals surface area contributed by atoms with Gasteiger partial charge in [0.25, 0.3) is 0 Å². The molecule has 0 aliphatic carbocycles. The first-order valence-corrected chi connectivity index (χ1v) is 26.3. The molecule has 0 heteroatoms. The van der Waals surface area contributed by atoms with E-state index in [0.29, 0.717) is 0 Å². The summed E-state index contributed by atoms with van der Waals surface area (Å²) in [4.78, 5) is 0. The van der Waals surface area contributed by atoms with Crippen molar-refractivity contribution in [1.82, 2.24) is 0 Å². The molecule has 0 nitrogen and oxygen atoms in total. The third-order valence-electron chi connectivity index (χ3n) is 12.9. The van der Waals surface area contributed by atoms with Gasteiger partial charge in [-0.1, -0.05) is 335 Å². The van der Waals surface area contributed by atoms with E-state index in [0.717, 1.165) is 5.92 Å². The van der Waals surface area contributed by atoms with Crippen molar-refractivity contribution >= 4 is 0 Å². The lowest BCUT2D eigenvalue weighted by atomic mass is 9.95. The van der Waals surface area contributed by atoms with E-state index in [4.69, 9.17) is 0 Å². The van der Waals surface area contributed by atoms with Crippen LogP contribution in [0.2, 0.25) is 0 Å². The van der Waals surface area contributed by atoms with Crippen molar-refractivity contribution in [2.45, 2.75) is 335 Å². The summed E-state index contributed by atoms with van der Waals surface area (Å²) < 4.78 is 0. The fraction of sp³-hybridized carbons (Fsp3) is 1.00. The molecule has 1 unspecified atom stereocenters. The van der Waals surface area contributed by atoms with Gasteiger partial charge in [0, 0.05) is 0 Å². The summed E-state index contributed by atoms with van der Waals surface area (Å²) in [5.41, 5.74) is 0. The second kappa shape index (κ2) is 50.0. The molecule has 0 spiro atoms. The first-order chi connectivity index (χ1) is 26.3. The van der Waals surface area contributed by atoms with Crippen molar-refractivity contribution in [2.24, 2.45) is 5.92 Å². The molecule has 0 amide bonds. The topological polar surface area (TPSA) is 0 Å². The van der Waals surface area contributed by atoms with E-state index in [1.807, 2.05) is 0 Å². The molecule has 0 heterocycles. The minimum Gasteiger partial charge on any atom is -0.0654 e. The highest BCUT2D eigenvalue weighted by Crippen LogP contribution is 2.21. The van der Waals surface area contributed by atoms with Gasteiger partial charge in [-0.15, -0.1) is 0 Å². The second-order valence-corrected chi connectivity index (χ2v) is 18.6. The molecule has 0 aliphatic heterocycles. The Labute approximate surface area is 340 Å². The van der Waals surface area contributed by atoms with E-state index in [2.05, 4.69) is 20.8 Å². The van der Waals surface area contributed by atoms with Gasteiger partial charge in [0.1, 0.15) is 0 Å². The van der Waals surface area contributed by atoms with Gasteiger partial charge < -0.3 is 0 Å². The molecule has 1 atom stereocenters. The maximum Gasteiger partial charge on any atom is -0.0443 e. The summed E-state index contributed by atoms with van der Waals surface area (Å²) in [6.07, 6.45) is 72.7. The Morgan fingerprint density at radius 2 is 0.283 bits per heavy atom. The van der Waals surface area contributed by atoms with Crippen LogP contribution in [0.5, 0.6) is 0 Å². The van der Waals surface area contributed by atoms with Gasteiger partial charge in [0.15, 0.2) is 0 Å². The highest BCUT2D eigenvalue weighted by atomic mass is 14.1. The molecule has 0 fully saturated rings. The van der Waals surface area contributed by atoms with Crippen molar-refractivity contribution in [2.75, 3.05) is 0 Å². The lowest BCUT2D eigenvalue weighted by molar-refractivity contribution is 0.429. The first-order valence-electron chi connectivity index (χ1n) is 26.3. The normalized spacial score (nSPS) is 12.3. The van der Waals surface area contributed by atoms with Gasteiger partial charge in [0.2, 0.25) is 0 Å². The third-order valence-corrected chi connectivity index (χ3v) is 12.9. The maximum atomic E-state index is 2.52. The van der Waals surface area contributed by atoms with Gasteiger partial charge in [-0.25, -0.2) is 0 Å². The van der Waals surface area contributed by atoms with Gasteiger partial charge in [-0.05, 0) is 5.92 Å². The zero-order valence-electron chi connectivity index (χ0n) is 38.2. The fourth-order valence-corrected chi connectivity index (χ4v) is 8.88. The lowest BCUT2D eigenvalue weighted by Crippen LogP contribution is -1.95. The number of unbranched alkanes of at least 4 members (excludes halogenated alkanes) is 45. The zero-order valence-corrected chi connectivity index (χ0v) is 38.2. The molecule has 0 saturated heterocycles. The van der Waals surface area contributed by atoms with Crippen molar-refractivity contribution in [3.05, 3.63) is 0 Å².